The summed E-state index contributed by atoms with van der Waals surface area (Å²) in [5.41, 5.74) is 0.482. The fourth-order valence-electron chi connectivity index (χ4n) is 2.56. The molecule has 2 unspecified atom stereocenters. The topological polar surface area (TPSA) is 104 Å². The van der Waals surface area contributed by atoms with Crippen LogP contribution in [0.4, 0.5) is 0 Å². The van der Waals surface area contributed by atoms with Gasteiger partial charge in [-0.25, -0.2) is 17.9 Å². The lowest BCUT2D eigenvalue weighted by atomic mass is 9.94. The van der Waals surface area contributed by atoms with Crippen LogP contribution in [-0.2, 0) is 10.0 Å². The number of nitrogens with one attached hydrogen (secondary N) is 1. The van der Waals surface area contributed by atoms with Crippen LogP contribution in [0.25, 0.3) is 0 Å². The monoisotopic (exact) mass is 313 g/mol. The Hall–Kier alpha value is -1.44. The molecule has 21 heavy (non-hydrogen) atoms. The number of sulfonamides is 1. The minimum atomic E-state index is -3.78. The lowest BCUT2D eigenvalue weighted by Crippen LogP contribution is -2.39. The Morgan fingerprint density at radius 1 is 1.33 bits per heavy atom. The van der Waals surface area contributed by atoms with Gasteiger partial charge in [0.05, 0.1) is 16.6 Å². The van der Waals surface area contributed by atoms with Crippen LogP contribution in [0.2, 0.25) is 0 Å². The molecule has 0 amide bonds. The highest BCUT2D eigenvalue weighted by Gasteiger charge is 2.26. The first kappa shape index (κ1) is 15.9. The molecule has 116 valence electrons. The highest BCUT2D eigenvalue weighted by atomic mass is 32.2. The van der Waals surface area contributed by atoms with Gasteiger partial charge in [0.15, 0.2) is 0 Å². The number of carboxylic acid groups (broad SMARTS) is 1. The maximum Gasteiger partial charge on any atom is 0.335 e. The number of carboxylic acids is 1. The Morgan fingerprint density at radius 3 is 2.67 bits per heavy atom. The fourth-order valence-corrected chi connectivity index (χ4v) is 3.87. The molecule has 7 heteroatoms. The van der Waals surface area contributed by atoms with Crippen LogP contribution in [0, 0.1) is 6.92 Å². The van der Waals surface area contributed by atoms with Crippen molar-refractivity contribution in [1.29, 1.82) is 0 Å². The molecule has 3 N–H and O–H groups in total. The number of aliphatic hydroxyl groups is 1. The molecular formula is C14H19NO5S. The van der Waals surface area contributed by atoms with Gasteiger partial charge in [0.2, 0.25) is 10.0 Å². The summed E-state index contributed by atoms with van der Waals surface area (Å²) in [5.74, 6) is -1.15. The molecule has 6 nitrogen and oxygen atoms in total. The van der Waals surface area contributed by atoms with E-state index in [4.69, 9.17) is 5.11 Å². The fraction of sp³-hybridized carbons (Fsp3) is 0.500. The van der Waals surface area contributed by atoms with E-state index in [2.05, 4.69) is 4.72 Å². The number of carbonyl (C=O) groups is 1. The first-order valence-corrected chi connectivity index (χ1v) is 8.32. The van der Waals surface area contributed by atoms with Gasteiger partial charge in [0, 0.05) is 6.04 Å². The zero-order chi connectivity index (χ0) is 15.6. The van der Waals surface area contributed by atoms with E-state index in [1.165, 1.54) is 18.2 Å². The number of aromatic carboxylic acids is 1. The van der Waals surface area contributed by atoms with Crippen molar-refractivity contribution in [2.45, 2.75) is 49.6 Å². The first-order chi connectivity index (χ1) is 9.79. The molecule has 0 aliphatic heterocycles. The lowest BCUT2D eigenvalue weighted by molar-refractivity contribution is 0.0696. The molecule has 0 spiro atoms. The number of aryl methyl sites for hydroxylation is 1. The quantitative estimate of drug-likeness (QED) is 0.776. The Kier molecular flexibility index (Phi) is 4.65. The molecule has 0 heterocycles. The maximum absolute atomic E-state index is 12.3. The molecule has 1 fully saturated rings. The molecule has 1 aromatic rings. The highest BCUT2D eigenvalue weighted by molar-refractivity contribution is 7.89. The second-order valence-electron chi connectivity index (χ2n) is 5.42. The van der Waals surface area contributed by atoms with E-state index >= 15 is 0 Å². The van der Waals surface area contributed by atoms with Crippen LogP contribution in [0.15, 0.2) is 23.1 Å². The average Bonchev–Trinajstić information content (AvgIpc) is 2.38. The number of rotatable bonds is 4. The van der Waals surface area contributed by atoms with E-state index in [0.29, 0.717) is 24.8 Å². The summed E-state index contributed by atoms with van der Waals surface area (Å²) in [6.45, 7) is 1.62. The summed E-state index contributed by atoms with van der Waals surface area (Å²) in [6, 6.07) is 3.73. The zero-order valence-electron chi connectivity index (χ0n) is 11.7. The van der Waals surface area contributed by atoms with Crippen LogP contribution in [-0.4, -0.2) is 36.7 Å². The predicted molar refractivity (Wildman–Crippen MR) is 76.7 cm³/mol. The molecule has 0 bridgehead atoms. The Labute approximate surface area is 123 Å². The van der Waals surface area contributed by atoms with Crippen molar-refractivity contribution >= 4 is 16.0 Å². The molecule has 2 rings (SSSR count). The van der Waals surface area contributed by atoms with E-state index in [-0.39, 0.29) is 16.5 Å². The molecule has 2 atom stereocenters. The summed E-state index contributed by atoms with van der Waals surface area (Å²) in [4.78, 5) is 11.0. The first-order valence-electron chi connectivity index (χ1n) is 6.84. The van der Waals surface area contributed by atoms with E-state index < -0.39 is 22.1 Å². The van der Waals surface area contributed by atoms with Gasteiger partial charge in [-0.3, -0.25) is 0 Å². The van der Waals surface area contributed by atoms with Crippen molar-refractivity contribution in [3.05, 3.63) is 29.3 Å². The standard InChI is InChI=1S/C14H19NO5S/c1-9-5-6-12(8-13(9)14(17)18)21(19,20)15-10-3-2-4-11(16)7-10/h5-6,8,10-11,15-16H,2-4,7H2,1H3,(H,17,18). The highest BCUT2D eigenvalue weighted by Crippen LogP contribution is 2.21. The van der Waals surface area contributed by atoms with Gasteiger partial charge in [-0.2, -0.15) is 0 Å². The summed E-state index contributed by atoms with van der Waals surface area (Å²) in [6.07, 6.45) is 2.03. The van der Waals surface area contributed by atoms with Gasteiger partial charge >= 0.3 is 5.97 Å². The van der Waals surface area contributed by atoms with Crippen molar-refractivity contribution in [2.24, 2.45) is 0 Å². The van der Waals surface area contributed by atoms with Crippen molar-refractivity contribution in [1.82, 2.24) is 4.72 Å². The van der Waals surface area contributed by atoms with E-state index in [1.54, 1.807) is 6.92 Å². The minimum absolute atomic E-state index is 0.0263. The SMILES string of the molecule is Cc1ccc(S(=O)(=O)NC2CCCC(O)C2)cc1C(=O)O. The summed E-state index contributed by atoms with van der Waals surface area (Å²) >= 11 is 0. The van der Waals surface area contributed by atoms with Crippen molar-refractivity contribution in [3.8, 4) is 0 Å². The van der Waals surface area contributed by atoms with Crippen molar-refractivity contribution in [2.75, 3.05) is 0 Å². The van der Waals surface area contributed by atoms with Crippen LogP contribution in [0.1, 0.15) is 41.6 Å². The van der Waals surface area contributed by atoms with Gasteiger partial charge in [0.25, 0.3) is 0 Å². The predicted octanol–water partition coefficient (Wildman–Crippen LogP) is 1.28. The molecule has 1 saturated carbocycles. The van der Waals surface area contributed by atoms with Crippen LogP contribution < -0.4 is 4.72 Å². The number of hydrogen-bond donors (Lipinski definition) is 3. The second-order valence-corrected chi connectivity index (χ2v) is 7.13. The van der Waals surface area contributed by atoms with Gasteiger partial charge < -0.3 is 10.2 Å². The molecule has 1 aliphatic carbocycles. The Morgan fingerprint density at radius 2 is 2.05 bits per heavy atom. The smallest absolute Gasteiger partial charge is 0.335 e. The van der Waals surface area contributed by atoms with Crippen molar-refractivity contribution in [3.63, 3.8) is 0 Å². The van der Waals surface area contributed by atoms with Gasteiger partial charge in [-0.15, -0.1) is 0 Å². The zero-order valence-corrected chi connectivity index (χ0v) is 12.6. The van der Waals surface area contributed by atoms with E-state index in [1.807, 2.05) is 0 Å². The number of hydrogen-bond acceptors (Lipinski definition) is 4. The Bertz CT molecular complexity index is 641. The van der Waals surface area contributed by atoms with E-state index in [0.717, 1.165) is 6.42 Å². The molecule has 1 aliphatic rings. The summed E-state index contributed by atoms with van der Waals surface area (Å²) in [5, 5.41) is 18.7. The van der Waals surface area contributed by atoms with Crippen LogP contribution >= 0.6 is 0 Å². The third-order valence-corrected chi connectivity index (χ3v) is 5.24. The van der Waals surface area contributed by atoms with Gasteiger partial charge in [-0.1, -0.05) is 6.07 Å². The lowest BCUT2D eigenvalue weighted by Gasteiger charge is -2.26. The maximum atomic E-state index is 12.3. The normalized spacial score (nSPS) is 23.0. The molecule has 1 aromatic carbocycles. The molecule has 0 radical (unpaired) electrons. The third-order valence-electron chi connectivity index (χ3n) is 3.72. The van der Waals surface area contributed by atoms with Gasteiger partial charge in [-0.05, 0) is 50.3 Å². The van der Waals surface area contributed by atoms with Crippen LogP contribution in [0.5, 0.6) is 0 Å². The number of benzene rings is 1. The average molecular weight is 313 g/mol. The number of aliphatic hydroxyl groups excluding tert-OH is 1. The minimum Gasteiger partial charge on any atom is -0.478 e. The molecule has 0 aromatic heterocycles. The van der Waals surface area contributed by atoms with Crippen LogP contribution in [0.3, 0.4) is 0 Å². The summed E-state index contributed by atoms with van der Waals surface area (Å²) < 4.78 is 27.2. The van der Waals surface area contributed by atoms with E-state index in [9.17, 15) is 18.3 Å². The second kappa shape index (κ2) is 6.13. The van der Waals surface area contributed by atoms with Gasteiger partial charge in [0.1, 0.15) is 0 Å². The third kappa shape index (κ3) is 3.81. The Balaban J connectivity index is 2.23. The largest absolute Gasteiger partial charge is 0.478 e. The summed E-state index contributed by atoms with van der Waals surface area (Å²) in [7, 11) is -3.78. The van der Waals surface area contributed by atoms with Crippen molar-refractivity contribution < 1.29 is 23.4 Å². The molecular weight excluding hydrogens is 294 g/mol. The molecule has 0 saturated heterocycles.